The SMILES string of the molecule is Cc1ccn(Cc2cc(Br)ccc2F)c(=O)n1. The molecule has 88 valence electrons. The molecule has 0 aliphatic carbocycles. The minimum atomic E-state index is -0.371. The molecule has 1 aromatic heterocycles. The first kappa shape index (κ1) is 12.0. The van der Waals surface area contributed by atoms with Crippen LogP contribution in [0.5, 0.6) is 0 Å². The van der Waals surface area contributed by atoms with E-state index in [0.717, 1.165) is 4.47 Å². The van der Waals surface area contributed by atoms with Crippen LogP contribution in [0.4, 0.5) is 4.39 Å². The van der Waals surface area contributed by atoms with Gasteiger partial charge in [-0.1, -0.05) is 15.9 Å². The largest absolute Gasteiger partial charge is 0.348 e. The third-order valence-corrected chi connectivity index (χ3v) is 2.86. The normalized spacial score (nSPS) is 10.5. The van der Waals surface area contributed by atoms with Crippen LogP contribution in [0.3, 0.4) is 0 Å². The third-order valence-electron chi connectivity index (χ3n) is 2.36. The van der Waals surface area contributed by atoms with Crippen molar-refractivity contribution in [1.29, 1.82) is 0 Å². The molecule has 0 spiro atoms. The van der Waals surface area contributed by atoms with Gasteiger partial charge >= 0.3 is 5.69 Å². The molecular weight excluding hydrogens is 287 g/mol. The van der Waals surface area contributed by atoms with Gasteiger partial charge < -0.3 is 0 Å². The van der Waals surface area contributed by atoms with Crippen LogP contribution in [0, 0.1) is 12.7 Å². The molecule has 0 aliphatic heterocycles. The van der Waals surface area contributed by atoms with E-state index in [0.29, 0.717) is 11.3 Å². The van der Waals surface area contributed by atoms with Crippen LogP contribution in [-0.2, 0) is 6.54 Å². The molecule has 0 bridgehead atoms. The molecule has 0 aliphatic rings. The van der Waals surface area contributed by atoms with Gasteiger partial charge in [-0.2, -0.15) is 4.98 Å². The summed E-state index contributed by atoms with van der Waals surface area (Å²) in [5.74, 6) is -0.333. The zero-order valence-corrected chi connectivity index (χ0v) is 10.7. The average Bonchev–Trinajstić information content (AvgIpc) is 2.27. The zero-order valence-electron chi connectivity index (χ0n) is 9.15. The minimum absolute atomic E-state index is 0.178. The van der Waals surface area contributed by atoms with Gasteiger partial charge in [-0.05, 0) is 31.2 Å². The third kappa shape index (κ3) is 2.79. The van der Waals surface area contributed by atoms with Crippen LogP contribution in [0.2, 0.25) is 0 Å². The van der Waals surface area contributed by atoms with E-state index >= 15 is 0 Å². The molecule has 17 heavy (non-hydrogen) atoms. The summed E-state index contributed by atoms with van der Waals surface area (Å²) < 4.78 is 15.7. The second kappa shape index (κ2) is 4.79. The van der Waals surface area contributed by atoms with Crippen LogP contribution in [0.1, 0.15) is 11.3 Å². The van der Waals surface area contributed by atoms with Crippen LogP contribution in [0.25, 0.3) is 0 Å². The average molecular weight is 297 g/mol. The lowest BCUT2D eigenvalue weighted by Gasteiger charge is -2.06. The van der Waals surface area contributed by atoms with Crippen LogP contribution >= 0.6 is 15.9 Å². The van der Waals surface area contributed by atoms with Gasteiger partial charge in [0, 0.05) is 21.9 Å². The van der Waals surface area contributed by atoms with Crippen molar-refractivity contribution >= 4 is 15.9 Å². The number of nitrogens with zero attached hydrogens (tertiary/aromatic N) is 2. The van der Waals surface area contributed by atoms with Crippen molar-refractivity contribution in [3.63, 3.8) is 0 Å². The Morgan fingerprint density at radius 1 is 1.41 bits per heavy atom. The van der Waals surface area contributed by atoms with Gasteiger partial charge in [0.25, 0.3) is 0 Å². The monoisotopic (exact) mass is 296 g/mol. The summed E-state index contributed by atoms with van der Waals surface area (Å²) >= 11 is 3.27. The first-order valence-electron chi connectivity index (χ1n) is 5.04. The van der Waals surface area contributed by atoms with Gasteiger partial charge in [0.15, 0.2) is 0 Å². The molecule has 3 nitrogen and oxygen atoms in total. The summed E-state index contributed by atoms with van der Waals surface area (Å²) in [5, 5.41) is 0. The highest BCUT2D eigenvalue weighted by atomic mass is 79.9. The first-order valence-corrected chi connectivity index (χ1v) is 5.83. The molecule has 0 amide bonds. The van der Waals surface area contributed by atoms with Crippen LogP contribution < -0.4 is 5.69 Å². The molecule has 0 fully saturated rings. The maximum Gasteiger partial charge on any atom is 0.348 e. The van der Waals surface area contributed by atoms with E-state index < -0.39 is 0 Å². The Kier molecular flexibility index (Phi) is 3.38. The summed E-state index contributed by atoms with van der Waals surface area (Å²) in [6.45, 7) is 1.92. The number of aromatic nitrogens is 2. The number of aryl methyl sites for hydroxylation is 1. The van der Waals surface area contributed by atoms with Gasteiger partial charge in [-0.3, -0.25) is 4.57 Å². The molecule has 1 aromatic carbocycles. The van der Waals surface area contributed by atoms with Gasteiger partial charge in [0.1, 0.15) is 5.82 Å². The molecule has 2 rings (SSSR count). The van der Waals surface area contributed by atoms with Crippen molar-refractivity contribution in [2.75, 3.05) is 0 Å². The minimum Gasteiger partial charge on any atom is -0.295 e. The van der Waals surface area contributed by atoms with Crippen molar-refractivity contribution in [3.05, 3.63) is 62.5 Å². The summed E-state index contributed by atoms with van der Waals surface area (Å²) in [6, 6.07) is 6.36. The topological polar surface area (TPSA) is 34.9 Å². The second-order valence-electron chi connectivity index (χ2n) is 3.72. The zero-order chi connectivity index (χ0) is 12.4. The Bertz CT molecular complexity index is 610. The van der Waals surface area contributed by atoms with Gasteiger partial charge in [0.05, 0.1) is 6.54 Å². The molecular formula is C12H10BrFN2O. The summed E-state index contributed by atoms with van der Waals surface area (Å²) in [4.78, 5) is 15.4. The highest BCUT2D eigenvalue weighted by molar-refractivity contribution is 9.10. The standard InChI is InChI=1S/C12H10BrFN2O/c1-8-4-5-16(12(17)15-8)7-9-6-10(13)2-3-11(9)14/h2-6H,7H2,1H3. The lowest BCUT2D eigenvalue weighted by atomic mass is 10.2. The lowest BCUT2D eigenvalue weighted by molar-refractivity contribution is 0.592. The molecule has 0 atom stereocenters. The number of hydrogen-bond acceptors (Lipinski definition) is 2. The molecule has 0 N–H and O–H groups in total. The Labute approximate surface area is 106 Å². The van der Waals surface area contributed by atoms with Gasteiger partial charge in [-0.15, -0.1) is 0 Å². The predicted octanol–water partition coefficient (Wildman–Crippen LogP) is 2.50. The quantitative estimate of drug-likeness (QED) is 0.853. The molecule has 0 saturated heterocycles. The number of halogens is 2. The van der Waals surface area contributed by atoms with E-state index in [1.165, 1.54) is 10.6 Å². The fourth-order valence-electron chi connectivity index (χ4n) is 1.48. The van der Waals surface area contributed by atoms with Crippen molar-refractivity contribution in [2.24, 2.45) is 0 Å². The fraction of sp³-hybridized carbons (Fsp3) is 0.167. The Hall–Kier alpha value is -1.49. The number of hydrogen-bond donors (Lipinski definition) is 0. The second-order valence-corrected chi connectivity index (χ2v) is 4.63. The van der Waals surface area contributed by atoms with E-state index in [1.54, 1.807) is 31.3 Å². The molecule has 2 aromatic rings. The molecule has 5 heteroatoms. The van der Waals surface area contributed by atoms with Crippen molar-refractivity contribution in [2.45, 2.75) is 13.5 Å². The van der Waals surface area contributed by atoms with Crippen molar-refractivity contribution in [3.8, 4) is 0 Å². The fourth-order valence-corrected chi connectivity index (χ4v) is 1.89. The maximum atomic E-state index is 13.5. The van der Waals surface area contributed by atoms with Gasteiger partial charge in [-0.25, -0.2) is 9.18 Å². The Morgan fingerprint density at radius 2 is 2.18 bits per heavy atom. The predicted molar refractivity (Wildman–Crippen MR) is 66.4 cm³/mol. The van der Waals surface area contributed by atoms with Gasteiger partial charge in [0.2, 0.25) is 0 Å². The summed E-state index contributed by atoms with van der Waals surface area (Å²) in [6.07, 6.45) is 1.62. The Balaban J connectivity index is 2.38. The van der Waals surface area contributed by atoms with Crippen molar-refractivity contribution in [1.82, 2.24) is 9.55 Å². The van der Waals surface area contributed by atoms with E-state index in [2.05, 4.69) is 20.9 Å². The Morgan fingerprint density at radius 3 is 2.88 bits per heavy atom. The van der Waals surface area contributed by atoms with Crippen LogP contribution in [0.15, 0.2) is 39.7 Å². The lowest BCUT2D eigenvalue weighted by Crippen LogP contribution is -2.23. The highest BCUT2D eigenvalue weighted by Gasteiger charge is 2.05. The summed E-state index contributed by atoms with van der Waals surface area (Å²) in [7, 11) is 0. The smallest absolute Gasteiger partial charge is 0.295 e. The molecule has 1 heterocycles. The maximum absolute atomic E-state index is 13.5. The highest BCUT2D eigenvalue weighted by Crippen LogP contribution is 2.16. The number of rotatable bonds is 2. The first-order chi connectivity index (χ1) is 8.06. The molecule has 0 unspecified atom stereocenters. The van der Waals surface area contributed by atoms with E-state index in [1.807, 2.05) is 0 Å². The summed E-state index contributed by atoms with van der Waals surface area (Å²) in [5.41, 5.74) is 0.734. The van der Waals surface area contributed by atoms with Crippen molar-refractivity contribution < 1.29 is 4.39 Å². The molecule has 0 saturated carbocycles. The van der Waals surface area contributed by atoms with E-state index in [-0.39, 0.29) is 18.1 Å². The van der Waals surface area contributed by atoms with Crippen LogP contribution in [-0.4, -0.2) is 9.55 Å². The number of benzene rings is 1. The molecule has 0 radical (unpaired) electrons. The van der Waals surface area contributed by atoms with E-state index in [9.17, 15) is 9.18 Å². The van der Waals surface area contributed by atoms with E-state index in [4.69, 9.17) is 0 Å².